The quantitative estimate of drug-likeness (QED) is 0.0723. The lowest BCUT2D eigenvalue weighted by Gasteiger charge is -2.43. The van der Waals surface area contributed by atoms with E-state index in [2.05, 4.69) is 0 Å². The van der Waals surface area contributed by atoms with Gasteiger partial charge < -0.3 is 53.4 Å². The molecule has 4 rings (SSSR count). The van der Waals surface area contributed by atoms with Crippen LogP contribution in [-0.4, -0.2) is 164 Å². The number of esters is 1. The highest BCUT2D eigenvalue weighted by Crippen LogP contribution is 2.38. The third kappa shape index (κ3) is 19.0. The molecular weight excluding hydrogens is 984 g/mol. The average Bonchev–Trinajstić information content (AvgIpc) is 3.37. The highest BCUT2D eigenvalue weighted by Gasteiger charge is 2.53. The van der Waals surface area contributed by atoms with Gasteiger partial charge >= 0.3 is 12.1 Å². The molecule has 4 aliphatic rings. The second-order valence-electron chi connectivity index (χ2n) is 21.5. The number of fused-ring (bicyclic) bond motifs is 3. The number of hydrogen-bond acceptors (Lipinski definition) is 15. The summed E-state index contributed by atoms with van der Waals surface area (Å²) in [6.07, 6.45) is 4.90. The van der Waals surface area contributed by atoms with Gasteiger partial charge in [0.05, 0.1) is 50.8 Å². The maximum atomic E-state index is 14.5. The minimum Gasteiger partial charge on any atom is -0.460 e. The van der Waals surface area contributed by atoms with E-state index in [1.54, 1.807) is 72.1 Å². The van der Waals surface area contributed by atoms with E-state index in [1.165, 1.54) is 7.11 Å². The molecule has 0 radical (unpaired) electrons. The third-order valence-electron chi connectivity index (χ3n) is 15.4. The summed E-state index contributed by atoms with van der Waals surface area (Å²) in [6.45, 7) is 10.2. The number of nitrogens with zero attached hydrogens (tertiary/aromatic N) is 1. The number of ether oxygens (including phenoxy) is 7. The number of piperidine rings is 1. The Morgan fingerprint density at radius 1 is 0.853 bits per heavy atom. The van der Waals surface area contributed by atoms with Gasteiger partial charge in [-0.2, -0.15) is 13.2 Å². The molecule has 1 unspecified atom stereocenters. The van der Waals surface area contributed by atoms with Crippen molar-refractivity contribution in [3.05, 3.63) is 47.6 Å². The molecular formula is C56H86F3NO15. The van der Waals surface area contributed by atoms with Crippen molar-refractivity contribution in [1.82, 2.24) is 4.90 Å². The molecule has 1 saturated carbocycles. The molecule has 3 aliphatic heterocycles. The van der Waals surface area contributed by atoms with Crippen molar-refractivity contribution in [2.75, 3.05) is 53.8 Å². The number of rotatable bonds is 13. The molecule has 19 heteroatoms. The van der Waals surface area contributed by atoms with Gasteiger partial charge in [0.25, 0.3) is 11.7 Å². The van der Waals surface area contributed by atoms with Gasteiger partial charge in [-0.15, -0.1) is 0 Å². The summed E-state index contributed by atoms with van der Waals surface area (Å²) >= 11 is 0. The molecule has 0 aromatic carbocycles. The monoisotopic (exact) mass is 1070 g/mol. The highest BCUT2D eigenvalue weighted by atomic mass is 19.4. The van der Waals surface area contributed by atoms with Gasteiger partial charge in [-0.05, 0) is 107 Å². The maximum Gasteiger partial charge on any atom is 0.411 e. The van der Waals surface area contributed by atoms with Gasteiger partial charge in [-0.25, -0.2) is 4.79 Å². The molecule has 0 aromatic heterocycles. The van der Waals surface area contributed by atoms with Gasteiger partial charge in [-0.3, -0.25) is 19.2 Å². The molecule has 3 N–H and O–H groups in total. The van der Waals surface area contributed by atoms with Gasteiger partial charge in [0, 0.05) is 51.4 Å². The number of allylic oxidation sites excluding steroid dienone is 6. The first-order valence-electron chi connectivity index (χ1n) is 26.9. The topological polar surface area (TPSA) is 214 Å². The molecule has 1 amide bonds. The lowest BCUT2D eigenvalue weighted by molar-refractivity contribution is -0.266. The van der Waals surface area contributed by atoms with Crippen molar-refractivity contribution in [1.29, 1.82) is 0 Å². The summed E-state index contributed by atoms with van der Waals surface area (Å²) in [6, 6.07) is -1.23. The molecule has 2 bridgehead atoms. The van der Waals surface area contributed by atoms with Crippen LogP contribution in [-0.2, 0) is 57.1 Å². The van der Waals surface area contributed by atoms with Crippen LogP contribution in [0.1, 0.15) is 126 Å². The van der Waals surface area contributed by atoms with E-state index < -0.39 is 96.5 Å². The van der Waals surface area contributed by atoms with Crippen molar-refractivity contribution in [2.45, 2.75) is 186 Å². The van der Waals surface area contributed by atoms with Gasteiger partial charge in [0.1, 0.15) is 36.7 Å². The molecule has 2 saturated heterocycles. The number of ketones is 3. The highest BCUT2D eigenvalue weighted by molar-refractivity contribution is 6.39. The van der Waals surface area contributed by atoms with Gasteiger partial charge in [0.2, 0.25) is 5.79 Å². The maximum absolute atomic E-state index is 14.5. The SMILES string of the molecule is CO[C@@H]1C[C@H](C[C@@H](C)[C@@H]2CC(=O)[C@H](C)/C=C(\C)[C@@H](O)[C@@H](OC)C(=O)[C@H](C)C[C@H](C)/C=C/C=C/C=C(\C)C(OCCOCC(F)(F)F)C[C@@H]3CC[C@@H](C)[C@@](O)(O3)C(=O)C(=O)N3CCCC[C@H]3C(=O)O2)CC[C@H]1OCCO. The molecule has 15 atom stereocenters. The number of halogens is 3. The Morgan fingerprint density at radius 2 is 1.59 bits per heavy atom. The summed E-state index contributed by atoms with van der Waals surface area (Å²) < 4.78 is 79.0. The lowest BCUT2D eigenvalue weighted by Crippen LogP contribution is -2.61. The minimum atomic E-state index is -4.53. The summed E-state index contributed by atoms with van der Waals surface area (Å²) in [7, 11) is 2.94. The largest absolute Gasteiger partial charge is 0.460 e. The number of aliphatic hydroxyl groups is 3. The van der Waals surface area contributed by atoms with Crippen LogP contribution in [0.4, 0.5) is 13.2 Å². The average molecular weight is 1070 g/mol. The zero-order valence-corrected chi connectivity index (χ0v) is 45.6. The van der Waals surface area contributed by atoms with Crippen LogP contribution in [0.2, 0.25) is 0 Å². The fourth-order valence-electron chi connectivity index (χ4n) is 10.8. The number of hydrogen-bond donors (Lipinski definition) is 3. The Balaban J connectivity index is 1.71. The molecule has 16 nitrogen and oxygen atoms in total. The van der Waals surface area contributed by atoms with Gasteiger partial charge in [-0.1, -0.05) is 71.1 Å². The zero-order chi connectivity index (χ0) is 55.6. The van der Waals surface area contributed by atoms with Crippen molar-refractivity contribution >= 4 is 29.2 Å². The number of aliphatic hydroxyl groups excluding tert-OH is 2. The normalized spacial score (nSPS) is 36.9. The Hall–Kier alpha value is -3.66. The second kappa shape index (κ2) is 30.5. The Kier molecular flexibility index (Phi) is 26.0. The third-order valence-corrected chi connectivity index (χ3v) is 15.4. The van der Waals surface area contributed by atoms with Crippen LogP contribution < -0.4 is 0 Å². The van der Waals surface area contributed by atoms with E-state index in [0.29, 0.717) is 56.1 Å². The first kappa shape index (κ1) is 63.9. The van der Waals surface area contributed by atoms with E-state index >= 15 is 0 Å². The van der Waals surface area contributed by atoms with Crippen molar-refractivity contribution < 1.29 is 85.6 Å². The number of cyclic esters (lactones) is 1. The smallest absolute Gasteiger partial charge is 0.411 e. The van der Waals surface area contributed by atoms with Crippen molar-refractivity contribution in [3.8, 4) is 0 Å². The molecule has 426 valence electrons. The Bertz CT molecular complexity index is 1990. The lowest BCUT2D eigenvalue weighted by atomic mass is 9.78. The Morgan fingerprint density at radius 3 is 2.27 bits per heavy atom. The first-order valence-corrected chi connectivity index (χ1v) is 26.9. The van der Waals surface area contributed by atoms with Crippen LogP contribution in [0, 0.1) is 35.5 Å². The molecule has 0 aromatic rings. The molecule has 0 spiro atoms. The number of amides is 1. The van der Waals surface area contributed by atoms with E-state index in [4.69, 9.17) is 33.2 Å². The van der Waals surface area contributed by atoms with Crippen LogP contribution in [0.3, 0.4) is 0 Å². The zero-order valence-electron chi connectivity index (χ0n) is 45.6. The standard InChI is InChI=1S/C56H86F3NO15/c1-34-15-11-10-12-16-35(2)46(73-26-25-71-33-55(57,58)59)31-42-20-18-40(7)56(68,75-42)52(65)53(66)60-22-14-13-17-43(60)54(67)74-47(37(4)29-41-19-21-45(72-24-23-61)48(30-41)69-8)32-44(62)36(3)28-39(6)50(64)51(70-9)49(63)38(5)27-34/h10-12,15-16,28,34,36-38,40-43,45-48,50-51,61,64,68H,13-14,17-27,29-33H2,1-9H3/b12-10+,15-11+,35-16+,39-28+/t34-,36-,37-,38-,40-,41+,42+,43+,45-,46?,47+,48-,50-,51+,56-/m1/s1. The van der Waals surface area contributed by atoms with Crippen LogP contribution >= 0.6 is 0 Å². The first-order chi connectivity index (χ1) is 35.4. The van der Waals surface area contributed by atoms with Crippen LogP contribution in [0.25, 0.3) is 0 Å². The van der Waals surface area contributed by atoms with Crippen LogP contribution in [0.15, 0.2) is 47.6 Å². The fourth-order valence-corrected chi connectivity index (χ4v) is 10.8. The van der Waals surface area contributed by atoms with Crippen LogP contribution in [0.5, 0.6) is 0 Å². The van der Waals surface area contributed by atoms with Crippen molar-refractivity contribution in [3.63, 3.8) is 0 Å². The summed E-state index contributed by atoms with van der Waals surface area (Å²) in [5, 5.41) is 33.0. The fraction of sp³-hybridized carbons (Fsp3) is 0.768. The minimum absolute atomic E-state index is 0.00247. The molecule has 3 heterocycles. The van der Waals surface area contributed by atoms with E-state index in [1.807, 2.05) is 19.9 Å². The van der Waals surface area contributed by atoms with Gasteiger partial charge in [0.15, 0.2) is 5.78 Å². The Labute approximate surface area is 441 Å². The summed E-state index contributed by atoms with van der Waals surface area (Å²) in [5.41, 5.74) is 0.982. The molecule has 3 fully saturated rings. The van der Waals surface area contributed by atoms with E-state index in [-0.39, 0.29) is 94.3 Å². The van der Waals surface area contributed by atoms with E-state index in [9.17, 15) is 52.5 Å². The van der Waals surface area contributed by atoms with Crippen molar-refractivity contribution in [2.24, 2.45) is 35.5 Å². The number of methoxy groups -OCH3 is 2. The summed E-state index contributed by atoms with van der Waals surface area (Å²) in [5.74, 6) is -8.98. The summed E-state index contributed by atoms with van der Waals surface area (Å²) in [4.78, 5) is 72.5. The molecule has 1 aliphatic carbocycles. The molecule has 75 heavy (non-hydrogen) atoms. The number of Topliss-reactive ketones (excluding diaryl/α,β-unsaturated/α-hetero) is 3. The number of alkyl halides is 3. The van der Waals surface area contributed by atoms with E-state index in [0.717, 1.165) is 11.3 Å². The predicted molar refractivity (Wildman–Crippen MR) is 272 cm³/mol. The predicted octanol–water partition coefficient (Wildman–Crippen LogP) is 7.15. The number of carbonyl (C=O) groups is 5. The second-order valence-corrected chi connectivity index (χ2v) is 21.5. The number of carbonyl (C=O) groups excluding carboxylic acids is 5.